The lowest BCUT2D eigenvalue weighted by atomic mass is 10.1. The molecule has 4 nitrogen and oxygen atoms in total. The van der Waals surface area contributed by atoms with Gasteiger partial charge in [0.05, 0.1) is 0 Å². The van der Waals surface area contributed by atoms with Gasteiger partial charge in [-0.3, -0.25) is 4.79 Å². The Morgan fingerprint density at radius 2 is 1.92 bits per heavy atom. The van der Waals surface area contributed by atoms with E-state index in [2.05, 4.69) is 15.6 Å². The number of pyridine rings is 1. The Labute approximate surface area is 152 Å². The summed E-state index contributed by atoms with van der Waals surface area (Å²) >= 11 is 12.1. The summed E-state index contributed by atoms with van der Waals surface area (Å²) < 4.78 is 0. The van der Waals surface area contributed by atoms with Crippen molar-refractivity contribution in [3.05, 3.63) is 57.7 Å². The molecule has 0 fully saturated rings. The van der Waals surface area contributed by atoms with Crippen LogP contribution in [0.4, 0.5) is 5.82 Å². The second-order valence-corrected chi connectivity index (χ2v) is 7.39. The largest absolute Gasteiger partial charge is 0.370 e. The molecule has 128 valence electrons. The Morgan fingerprint density at radius 1 is 1.17 bits per heavy atom. The van der Waals surface area contributed by atoms with E-state index in [1.807, 2.05) is 32.9 Å². The van der Waals surface area contributed by atoms with E-state index in [1.54, 1.807) is 24.4 Å². The summed E-state index contributed by atoms with van der Waals surface area (Å²) in [6.07, 6.45) is 2.35. The summed E-state index contributed by atoms with van der Waals surface area (Å²) in [7, 11) is 0. The standard InChI is InChI=1S/C18H21Cl2N3O/c1-18(2,3)23-17(24)13-7-9-22-16(10-13)21-8-6-12-4-5-14(19)11-15(12)20/h4-5,7,9-11H,6,8H2,1-3H3,(H,21,22)(H,23,24). The number of carbonyl (C=O) groups is 1. The highest BCUT2D eigenvalue weighted by molar-refractivity contribution is 6.35. The Kier molecular flexibility index (Phi) is 6.08. The predicted octanol–water partition coefficient (Wildman–Crippen LogP) is 4.57. The molecule has 0 unspecified atom stereocenters. The summed E-state index contributed by atoms with van der Waals surface area (Å²) in [4.78, 5) is 16.4. The highest BCUT2D eigenvalue weighted by atomic mass is 35.5. The van der Waals surface area contributed by atoms with Crippen molar-refractivity contribution in [3.63, 3.8) is 0 Å². The average Bonchev–Trinajstić information content (AvgIpc) is 2.48. The van der Waals surface area contributed by atoms with Gasteiger partial charge < -0.3 is 10.6 Å². The number of anilines is 1. The summed E-state index contributed by atoms with van der Waals surface area (Å²) in [6, 6.07) is 8.90. The number of aromatic nitrogens is 1. The lowest BCUT2D eigenvalue weighted by molar-refractivity contribution is 0.0919. The van der Waals surface area contributed by atoms with Gasteiger partial charge in [-0.25, -0.2) is 4.98 Å². The highest BCUT2D eigenvalue weighted by Crippen LogP contribution is 2.21. The van der Waals surface area contributed by atoms with Crippen LogP contribution < -0.4 is 10.6 Å². The zero-order chi connectivity index (χ0) is 17.7. The molecule has 0 saturated heterocycles. The summed E-state index contributed by atoms with van der Waals surface area (Å²) in [5, 5.41) is 7.41. The van der Waals surface area contributed by atoms with Gasteiger partial charge in [-0.05, 0) is 57.0 Å². The van der Waals surface area contributed by atoms with E-state index in [4.69, 9.17) is 23.2 Å². The van der Waals surface area contributed by atoms with Crippen LogP contribution in [0, 0.1) is 0 Å². The maximum atomic E-state index is 12.2. The normalized spacial score (nSPS) is 11.2. The van der Waals surface area contributed by atoms with Gasteiger partial charge in [-0.15, -0.1) is 0 Å². The average molecular weight is 366 g/mol. The molecule has 0 bridgehead atoms. The number of halogens is 2. The van der Waals surface area contributed by atoms with Crippen LogP contribution in [0.3, 0.4) is 0 Å². The smallest absolute Gasteiger partial charge is 0.251 e. The molecule has 2 N–H and O–H groups in total. The molecule has 1 aromatic carbocycles. The number of rotatable bonds is 5. The second-order valence-electron chi connectivity index (χ2n) is 6.55. The maximum Gasteiger partial charge on any atom is 0.251 e. The number of nitrogens with zero attached hydrogens (tertiary/aromatic N) is 1. The van der Waals surface area contributed by atoms with Gasteiger partial charge in [0.2, 0.25) is 0 Å². The van der Waals surface area contributed by atoms with E-state index >= 15 is 0 Å². The number of carbonyl (C=O) groups excluding carboxylic acids is 1. The van der Waals surface area contributed by atoms with Gasteiger partial charge >= 0.3 is 0 Å². The van der Waals surface area contributed by atoms with E-state index in [0.717, 1.165) is 12.0 Å². The van der Waals surface area contributed by atoms with Crippen molar-refractivity contribution in [3.8, 4) is 0 Å². The van der Waals surface area contributed by atoms with Gasteiger partial charge in [0.25, 0.3) is 5.91 Å². The molecule has 0 atom stereocenters. The quantitative estimate of drug-likeness (QED) is 0.815. The molecule has 2 rings (SSSR count). The Morgan fingerprint density at radius 3 is 2.58 bits per heavy atom. The summed E-state index contributed by atoms with van der Waals surface area (Å²) in [5.74, 6) is 0.537. The zero-order valence-corrected chi connectivity index (χ0v) is 15.5. The molecule has 1 aromatic heterocycles. The van der Waals surface area contributed by atoms with Crippen molar-refractivity contribution in [2.45, 2.75) is 32.7 Å². The summed E-state index contributed by atoms with van der Waals surface area (Å²) in [6.45, 7) is 6.49. The van der Waals surface area contributed by atoms with Crippen molar-refractivity contribution in [2.24, 2.45) is 0 Å². The molecule has 24 heavy (non-hydrogen) atoms. The number of hydrogen-bond acceptors (Lipinski definition) is 3. The van der Waals surface area contributed by atoms with Gasteiger partial charge in [0.15, 0.2) is 0 Å². The molecular weight excluding hydrogens is 345 g/mol. The lowest BCUT2D eigenvalue weighted by Gasteiger charge is -2.20. The van der Waals surface area contributed by atoms with Crippen molar-refractivity contribution < 1.29 is 4.79 Å². The highest BCUT2D eigenvalue weighted by Gasteiger charge is 2.15. The van der Waals surface area contributed by atoms with Crippen LogP contribution in [-0.4, -0.2) is 23.0 Å². The fraction of sp³-hybridized carbons (Fsp3) is 0.333. The minimum atomic E-state index is -0.278. The molecule has 0 radical (unpaired) electrons. The molecule has 1 amide bonds. The monoisotopic (exact) mass is 365 g/mol. The van der Waals surface area contributed by atoms with Crippen LogP contribution in [0.15, 0.2) is 36.5 Å². The SMILES string of the molecule is CC(C)(C)NC(=O)c1ccnc(NCCc2ccc(Cl)cc2Cl)c1. The number of amides is 1. The predicted molar refractivity (Wildman–Crippen MR) is 100 cm³/mol. The molecule has 6 heteroatoms. The first-order chi connectivity index (χ1) is 11.2. The van der Waals surface area contributed by atoms with E-state index in [9.17, 15) is 4.79 Å². The fourth-order valence-corrected chi connectivity index (χ4v) is 2.63. The second kappa shape index (κ2) is 7.86. The molecule has 0 aliphatic rings. The molecule has 2 aromatic rings. The molecule has 1 heterocycles. The number of benzene rings is 1. The first-order valence-electron chi connectivity index (χ1n) is 7.71. The van der Waals surface area contributed by atoms with Crippen LogP contribution in [0.25, 0.3) is 0 Å². The maximum absolute atomic E-state index is 12.2. The Bertz CT molecular complexity index is 726. The molecule has 0 aliphatic carbocycles. The topological polar surface area (TPSA) is 54.0 Å². The molecule has 0 spiro atoms. The first-order valence-corrected chi connectivity index (χ1v) is 8.46. The first kappa shape index (κ1) is 18.6. The third-order valence-corrected chi connectivity index (χ3v) is 3.81. The third-order valence-electron chi connectivity index (χ3n) is 3.23. The van der Waals surface area contributed by atoms with E-state index in [-0.39, 0.29) is 11.4 Å². The van der Waals surface area contributed by atoms with Crippen LogP contribution in [0.2, 0.25) is 10.0 Å². The van der Waals surface area contributed by atoms with Crippen molar-refractivity contribution in [1.29, 1.82) is 0 Å². The van der Waals surface area contributed by atoms with Gasteiger partial charge in [-0.2, -0.15) is 0 Å². The van der Waals surface area contributed by atoms with Gasteiger partial charge in [0.1, 0.15) is 5.82 Å². The van der Waals surface area contributed by atoms with Crippen LogP contribution in [0.5, 0.6) is 0 Å². The van der Waals surface area contributed by atoms with E-state index < -0.39 is 0 Å². The Hall–Kier alpha value is -1.78. The Balaban J connectivity index is 1.96. The number of nitrogens with one attached hydrogen (secondary N) is 2. The van der Waals surface area contributed by atoms with Crippen molar-refractivity contribution in [1.82, 2.24) is 10.3 Å². The lowest BCUT2D eigenvalue weighted by Crippen LogP contribution is -2.40. The van der Waals surface area contributed by atoms with Gasteiger partial charge in [0, 0.05) is 33.9 Å². The number of hydrogen-bond donors (Lipinski definition) is 2. The van der Waals surface area contributed by atoms with Crippen LogP contribution in [0.1, 0.15) is 36.7 Å². The van der Waals surface area contributed by atoms with E-state index in [0.29, 0.717) is 28.0 Å². The van der Waals surface area contributed by atoms with Crippen LogP contribution >= 0.6 is 23.2 Å². The molecule has 0 saturated carbocycles. The fourth-order valence-electron chi connectivity index (χ4n) is 2.13. The zero-order valence-electron chi connectivity index (χ0n) is 14.0. The van der Waals surface area contributed by atoms with Gasteiger partial charge in [-0.1, -0.05) is 29.3 Å². The van der Waals surface area contributed by atoms with Crippen molar-refractivity contribution in [2.75, 3.05) is 11.9 Å². The van der Waals surface area contributed by atoms with Crippen LogP contribution in [-0.2, 0) is 6.42 Å². The summed E-state index contributed by atoms with van der Waals surface area (Å²) in [5.41, 5.74) is 1.31. The molecule has 0 aliphatic heterocycles. The molecular formula is C18H21Cl2N3O. The van der Waals surface area contributed by atoms with E-state index in [1.165, 1.54) is 0 Å². The minimum Gasteiger partial charge on any atom is -0.370 e. The minimum absolute atomic E-state index is 0.117. The van der Waals surface area contributed by atoms with Crippen molar-refractivity contribution >= 4 is 34.9 Å². The third kappa shape index (κ3) is 5.69.